The number of rotatable bonds is 7. The smallest absolute Gasteiger partial charge is 0.239 e. The van der Waals surface area contributed by atoms with Gasteiger partial charge in [0, 0.05) is 12.0 Å². The second-order valence-corrected chi connectivity index (χ2v) is 4.82. The van der Waals surface area contributed by atoms with Crippen LogP contribution in [0.5, 0.6) is 0 Å². The quantitative estimate of drug-likeness (QED) is 0.611. The highest BCUT2D eigenvalue weighted by Gasteiger charge is 2.30. The molecule has 1 unspecified atom stereocenters. The zero-order chi connectivity index (χ0) is 12.8. The fourth-order valence-corrected chi connectivity index (χ4v) is 1.41. The van der Waals surface area contributed by atoms with E-state index < -0.39 is 5.54 Å². The Hall–Kier alpha value is -0.610. The average molecular weight is 230 g/mol. The maximum absolute atomic E-state index is 11.8. The monoisotopic (exact) mass is 230 g/mol. The first-order valence-electron chi connectivity index (χ1n) is 6.05. The lowest BCUT2D eigenvalue weighted by Crippen LogP contribution is -2.53. The van der Waals surface area contributed by atoms with Crippen molar-refractivity contribution in [1.82, 2.24) is 5.32 Å². The Bertz CT molecular complexity index is 215. The number of hydrogen-bond acceptors (Lipinski definition) is 3. The second kappa shape index (κ2) is 6.21. The van der Waals surface area contributed by atoms with Gasteiger partial charge in [0.2, 0.25) is 5.91 Å². The van der Waals surface area contributed by atoms with E-state index in [1.165, 1.54) is 0 Å². The van der Waals surface area contributed by atoms with E-state index in [-0.39, 0.29) is 17.9 Å². The van der Waals surface area contributed by atoms with Crippen molar-refractivity contribution in [2.45, 2.75) is 52.5 Å². The molecule has 0 spiro atoms. The summed E-state index contributed by atoms with van der Waals surface area (Å²) in [6.07, 6.45) is 2.28. The van der Waals surface area contributed by atoms with E-state index in [0.29, 0.717) is 13.0 Å². The molecule has 0 aromatic carbocycles. The Labute approximate surface area is 98.6 Å². The summed E-state index contributed by atoms with van der Waals surface area (Å²) in [6.45, 7) is 8.23. The van der Waals surface area contributed by atoms with Gasteiger partial charge in [-0.05, 0) is 26.2 Å². The maximum atomic E-state index is 11.8. The zero-order valence-electron chi connectivity index (χ0n) is 11.0. The highest BCUT2D eigenvalue weighted by Crippen LogP contribution is 2.24. The summed E-state index contributed by atoms with van der Waals surface area (Å²) in [7, 11) is 0. The lowest BCUT2D eigenvalue weighted by molar-refractivity contribution is -0.126. The molecule has 0 aliphatic carbocycles. The topological polar surface area (TPSA) is 75.3 Å². The summed E-state index contributed by atoms with van der Waals surface area (Å²) in [6, 6.07) is 0. The van der Waals surface area contributed by atoms with Crippen LogP contribution in [-0.4, -0.2) is 29.7 Å². The number of carbonyl (C=O) groups is 1. The van der Waals surface area contributed by atoms with Crippen molar-refractivity contribution in [2.24, 2.45) is 11.1 Å². The number of hydrogen-bond donors (Lipinski definition) is 3. The van der Waals surface area contributed by atoms with Gasteiger partial charge >= 0.3 is 0 Å². The van der Waals surface area contributed by atoms with Crippen LogP contribution in [0.1, 0.15) is 47.0 Å². The van der Waals surface area contributed by atoms with Gasteiger partial charge in [-0.15, -0.1) is 0 Å². The van der Waals surface area contributed by atoms with Crippen molar-refractivity contribution < 1.29 is 9.90 Å². The SMILES string of the molecule is CCC(CC)(CO)CNC(=O)C(C)(N)CC. The van der Waals surface area contributed by atoms with E-state index in [1.807, 2.05) is 20.8 Å². The lowest BCUT2D eigenvalue weighted by Gasteiger charge is -2.31. The fourth-order valence-electron chi connectivity index (χ4n) is 1.41. The summed E-state index contributed by atoms with van der Waals surface area (Å²) in [5.74, 6) is -0.144. The molecule has 0 fully saturated rings. The molecule has 4 heteroatoms. The van der Waals surface area contributed by atoms with Gasteiger partial charge in [-0.3, -0.25) is 4.79 Å². The first kappa shape index (κ1) is 15.4. The van der Waals surface area contributed by atoms with Crippen molar-refractivity contribution in [3.8, 4) is 0 Å². The molecule has 0 saturated carbocycles. The summed E-state index contributed by atoms with van der Waals surface area (Å²) >= 11 is 0. The fraction of sp³-hybridized carbons (Fsp3) is 0.917. The van der Waals surface area contributed by atoms with Crippen LogP contribution in [0.25, 0.3) is 0 Å². The van der Waals surface area contributed by atoms with Crippen LogP contribution in [0.3, 0.4) is 0 Å². The molecule has 16 heavy (non-hydrogen) atoms. The first-order chi connectivity index (χ1) is 7.37. The van der Waals surface area contributed by atoms with Crippen molar-refractivity contribution in [3.05, 3.63) is 0 Å². The minimum Gasteiger partial charge on any atom is -0.396 e. The van der Waals surface area contributed by atoms with Crippen LogP contribution in [0.2, 0.25) is 0 Å². The number of carbonyl (C=O) groups excluding carboxylic acids is 1. The molecule has 1 amide bonds. The zero-order valence-corrected chi connectivity index (χ0v) is 11.0. The number of amides is 1. The van der Waals surface area contributed by atoms with Gasteiger partial charge in [-0.1, -0.05) is 20.8 Å². The Morgan fingerprint density at radius 2 is 1.75 bits per heavy atom. The van der Waals surface area contributed by atoms with Gasteiger partial charge in [-0.25, -0.2) is 0 Å². The predicted octanol–water partition coefficient (Wildman–Crippen LogP) is 1.03. The molecule has 0 aromatic heterocycles. The lowest BCUT2D eigenvalue weighted by atomic mass is 9.83. The van der Waals surface area contributed by atoms with Crippen molar-refractivity contribution >= 4 is 5.91 Å². The van der Waals surface area contributed by atoms with Crippen LogP contribution in [0.4, 0.5) is 0 Å². The number of aliphatic hydroxyl groups is 1. The van der Waals surface area contributed by atoms with Crippen LogP contribution in [0, 0.1) is 5.41 Å². The molecule has 1 atom stereocenters. The van der Waals surface area contributed by atoms with E-state index >= 15 is 0 Å². The third-order valence-electron chi connectivity index (χ3n) is 3.71. The molecule has 96 valence electrons. The van der Waals surface area contributed by atoms with E-state index in [9.17, 15) is 9.90 Å². The van der Waals surface area contributed by atoms with Gasteiger partial charge in [0.05, 0.1) is 12.1 Å². The van der Waals surface area contributed by atoms with Crippen molar-refractivity contribution in [3.63, 3.8) is 0 Å². The molecular weight excluding hydrogens is 204 g/mol. The highest BCUT2D eigenvalue weighted by molar-refractivity contribution is 5.85. The number of aliphatic hydroxyl groups excluding tert-OH is 1. The summed E-state index contributed by atoms with van der Waals surface area (Å²) < 4.78 is 0. The Morgan fingerprint density at radius 3 is 2.06 bits per heavy atom. The molecule has 0 aliphatic rings. The molecule has 4 nitrogen and oxygen atoms in total. The molecular formula is C12H26N2O2. The second-order valence-electron chi connectivity index (χ2n) is 4.82. The maximum Gasteiger partial charge on any atom is 0.239 e. The summed E-state index contributed by atoms with van der Waals surface area (Å²) in [4.78, 5) is 11.8. The summed E-state index contributed by atoms with van der Waals surface area (Å²) in [5.41, 5.74) is 4.81. The van der Waals surface area contributed by atoms with Gasteiger partial charge in [-0.2, -0.15) is 0 Å². The predicted molar refractivity (Wildman–Crippen MR) is 66.0 cm³/mol. The summed E-state index contributed by atoms with van der Waals surface area (Å²) in [5, 5.41) is 12.2. The minimum atomic E-state index is -0.817. The highest BCUT2D eigenvalue weighted by atomic mass is 16.3. The standard InChI is InChI=1S/C12H26N2O2/c1-5-11(4,13)10(16)14-8-12(6-2,7-3)9-15/h15H,5-9,13H2,1-4H3,(H,14,16). The molecule has 0 heterocycles. The van der Waals surface area contributed by atoms with Gasteiger partial charge < -0.3 is 16.2 Å². The third-order valence-corrected chi connectivity index (χ3v) is 3.71. The molecule has 0 radical (unpaired) electrons. The molecule has 0 saturated heterocycles. The first-order valence-corrected chi connectivity index (χ1v) is 6.05. The van der Waals surface area contributed by atoms with E-state index in [2.05, 4.69) is 5.32 Å². The number of nitrogens with one attached hydrogen (secondary N) is 1. The van der Waals surface area contributed by atoms with Crippen LogP contribution < -0.4 is 11.1 Å². The third kappa shape index (κ3) is 3.76. The molecule has 4 N–H and O–H groups in total. The van der Waals surface area contributed by atoms with E-state index in [4.69, 9.17) is 5.73 Å². The number of nitrogens with two attached hydrogens (primary N) is 1. The Morgan fingerprint density at radius 1 is 1.25 bits per heavy atom. The van der Waals surface area contributed by atoms with Crippen molar-refractivity contribution in [2.75, 3.05) is 13.2 Å². The Balaban J connectivity index is 4.38. The van der Waals surface area contributed by atoms with Crippen LogP contribution in [0.15, 0.2) is 0 Å². The molecule has 0 bridgehead atoms. The minimum absolute atomic E-state index is 0.0910. The van der Waals surface area contributed by atoms with Crippen molar-refractivity contribution in [1.29, 1.82) is 0 Å². The molecule has 0 rings (SSSR count). The average Bonchev–Trinajstić information content (AvgIpc) is 2.31. The largest absolute Gasteiger partial charge is 0.396 e. The Kier molecular flexibility index (Phi) is 5.97. The van der Waals surface area contributed by atoms with Crippen LogP contribution in [-0.2, 0) is 4.79 Å². The van der Waals surface area contributed by atoms with Crippen LogP contribution >= 0.6 is 0 Å². The molecule has 0 aromatic rings. The van der Waals surface area contributed by atoms with Gasteiger partial charge in [0.15, 0.2) is 0 Å². The van der Waals surface area contributed by atoms with Gasteiger partial charge in [0.1, 0.15) is 0 Å². The normalized spacial score (nSPS) is 15.6. The van der Waals surface area contributed by atoms with Gasteiger partial charge in [0.25, 0.3) is 0 Å². The van der Waals surface area contributed by atoms with E-state index in [0.717, 1.165) is 12.8 Å². The van der Waals surface area contributed by atoms with E-state index in [1.54, 1.807) is 6.92 Å². The molecule has 0 aliphatic heterocycles.